The van der Waals surface area contributed by atoms with E-state index in [1.165, 1.54) is 143 Å². The molecule has 0 saturated carbocycles. The summed E-state index contributed by atoms with van der Waals surface area (Å²) in [4.78, 5) is 40.8. The number of benzene rings is 13. The van der Waals surface area contributed by atoms with Crippen LogP contribution in [0.5, 0.6) is 34.5 Å². The fourth-order valence-corrected chi connectivity index (χ4v) is 14.0. The quantitative estimate of drug-likeness (QED) is 0.0628. The van der Waals surface area contributed by atoms with Gasteiger partial charge in [0.2, 0.25) is 0 Å². The first kappa shape index (κ1) is 93.3. The maximum Gasteiger partial charge on any atom is 0.343 e. The van der Waals surface area contributed by atoms with Crippen LogP contribution < -0.4 is 18.9 Å². The van der Waals surface area contributed by atoms with Crippen molar-refractivity contribution < 1.29 is 33.3 Å². The molecule has 0 heterocycles. The molecule has 13 rings (SSSR count). The highest BCUT2D eigenvalue weighted by Crippen LogP contribution is 2.35. The lowest BCUT2D eigenvalue weighted by Crippen LogP contribution is -2.08. The molecule has 13 aromatic rings. The van der Waals surface area contributed by atoms with Crippen LogP contribution in [-0.4, -0.2) is 23.3 Å². The molecule has 0 bridgehead atoms. The molecular weight excluding hydrogens is 1490 g/mol. The molecule has 115 heavy (non-hydrogen) atoms. The van der Waals surface area contributed by atoms with Gasteiger partial charge in [0.05, 0.1) is 5.56 Å². The third-order valence-corrected chi connectivity index (χ3v) is 22.9. The van der Waals surface area contributed by atoms with E-state index in [4.69, 9.17) is 18.9 Å². The van der Waals surface area contributed by atoms with Crippen LogP contribution in [-0.2, 0) is 9.59 Å². The summed E-state index contributed by atoms with van der Waals surface area (Å²) in [7, 11) is 0. The Morgan fingerprint density at radius 1 is 0.243 bits per heavy atom. The van der Waals surface area contributed by atoms with Gasteiger partial charge in [-0.05, 0) is 389 Å². The van der Waals surface area contributed by atoms with Crippen LogP contribution in [0.25, 0.3) is 0 Å². The number of esters is 2. The van der Waals surface area contributed by atoms with Crippen molar-refractivity contribution in [3.05, 3.63) is 390 Å². The minimum atomic E-state index is -0.325. The van der Waals surface area contributed by atoms with E-state index in [2.05, 4.69) is 257 Å². The van der Waals surface area contributed by atoms with Gasteiger partial charge in [0, 0.05) is 43.2 Å². The second-order valence-corrected chi connectivity index (χ2v) is 33.0. The van der Waals surface area contributed by atoms with Gasteiger partial charge in [-0.15, -0.1) is 11.8 Å². The van der Waals surface area contributed by atoms with Crippen molar-refractivity contribution in [3.8, 4) is 34.5 Å². The van der Waals surface area contributed by atoms with Gasteiger partial charge >= 0.3 is 11.9 Å². The Morgan fingerprint density at radius 2 is 0.565 bits per heavy atom. The van der Waals surface area contributed by atoms with E-state index in [-0.39, 0.29) is 17.1 Å². The van der Waals surface area contributed by atoms with Gasteiger partial charge in [-0.1, -0.05) is 175 Å². The molecule has 0 unspecified atom stereocenters. The van der Waals surface area contributed by atoms with Crippen molar-refractivity contribution in [2.75, 3.05) is 6.26 Å². The van der Waals surface area contributed by atoms with Crippen LogP contribution in [0.2, 0.25) is 0 Å². The van der Waals surface area contributed by atoms with Crippen LogP contribution in [0.3, 0.4) is 0 Å². The standard InChI is InChI=1S/C16H18O.C16H18S.C15H14O2.C14H14O.C14H14S.C10H12O2.C10H12OS.C9H12S/c2*1-11-8-9-15(10-14(11)4)17-16-12(2)6-5-7-13(16)3;1-11-8-9-14(10-12(11)2)17-15(16)13-6-4-3-5-7-13;2*1-11-8-9-14(10-12(11)2)15-13-6-4-3-5-7-13;2*1-7-4-5-10(6-8(7)2)12-9(3)11;1-7-4-5-9(10-3)6-8(7)2/h2*5-10H,1-4H3;3-10H,1-2H3;2*3-10H,1-2H3;2*4-6H,1-3H3;4-6H,1-3H3. The summed E-state index contributed by atoms with van der Waals surface area (Å²) in [5.74, 6) is 4.24. The maximum absolute atomic E-state index is 11.8. The zero-order valence-electron chi connectivity index (χ0n) is 71.5. The van der Waals surface area contributed by atoms with Gasteiger partial charge in [0.25, 0.3) is 0 Å². The molecule has 0 aromatic heterocycles. The summed E-state index contributed by atoms with van der Waals surface area (Å²) < 4.78 is 21.9. The Bertz CT molecular complexity index is 5010. The van der Waals surface area contributed by atoms with Crippen molar-refractivity contribution in [1.82, 2.24) is 0 Å². The molecule has 0 amide bonds. The Kier molecular flexibility index (Phi) is 38.9. The molecule has 0 aliphatic heterocycles. The van der Waals surface area contributed by atoms with Crippen molar-refractivity contribution in [3.63, 3.8) is 0 Å². The lowest BCUT2D eigenvalue weighted by Gasteiger charge is -2.12. The first-order valence-electron chi connectivity index (χ1n) is 38.5. The maximum atomic E-state index is 11.8. The minimum absolute atomic E-state index is 0.137. The molecule has 0 spiro atoms. The third kappa shape index (κ3) is 33.1. The highest BCUT2D eigenvalue weighted by atomic mass is 32.2. The number of carbonyl (C=O) groups is 3. The molecule has 0 atom stereocenters. The van der Waals surface area contributed by atoms with Crippen LogP contribution in [0.15, 0.2) is 302 Å². The number of para-hydroxylation sites is 2. The number of carbonyl (C=O) groups excluding carboxylic acids is 3. The average molecular weight is 1600 g/mol. The third-order valence-electron chi connectivity index (χ3n) is 19.0. The van der Waals surface area contributed by atoms with Crippen LogP contribution in [0, 0.1) is 138 Å². The molecule has 0 aliphatic carbocycles. The van der Waals surface area contributed by atoms with Gasteiger partial charge in [-0.25, -0.2) is 4.79 Å². The fourth-order valence-electron chi connectivity index (χ4n) is 10.8. The number of rotatable bonds is 13. The SMILES string of the molecule is CC(=O)Oc1ccc(C)c(C)c1.CC(=O)Sc1ccc(C)c(C)c1.CSc1ccc(C)c(C)c1.Cc1ccc(OC(=O)c2ccccc2)cc1C.Cc1ccc(Oc2c(C)cccc2C)cc1C.Cc1ccc(Oc2ccccc2)cc1C.Cc1ccc(Sc2c(C)cccc2C)cc1C.Cc1ccc(Sc2ccccc2)cc1C. The molecule has 0 N–H and O–H groups in total. The first-order valence-corrected chi connectivity index (χ1v) is 42.1. The summed E-state index contributed by atoms with van der Waals surface area (Å²) >= 11 is 6.75. The van der Waals surface area contributed by atoms with Gasteiger partial charge in [0.1, 0.15) is 34.5 Å². The summed E-state index contributed by atoms with van der Waals surface area (Å²) in [6.07, 6.45) is 2.10. The normalized spacial score (nSPS) is 10.1. The Hall–Kier alpha value is -10.5. The van der Waals surface area contributed by atoms with Gasteiger partial charge in [-0.3, -0.25) is 9.59 Å². The summed E-state index contributed by atoms with van der Waals surface area (Å²) in [6, 6.07) is 91.4. The van der Waals surface area contributed by atoms with E-state index in [1.54, 1.807) is 36.9 Å². The summed E-state index contributed by atoms with van der Waals surface area (Å²) in [5, 5.41) is 0.137. The Morgan fingerprint density at radius 3 is 0.965 bits per heavy atom. The van der Waals surface area contributed by atoms with Gasteiger partial charge in [0.15, 0.2) is 5.12 Å². The molecule has 0 fully saturated rings. The molecular formula is C104H114O7S4. The molecule has 11 heteroatoms. The highest BCUT2D eigenvalue weighted by Gasteiger charge is 2.11. The van der Waals surface area contributed by atoms with E-state index in [1.807, 2.05) is 166 Å². The van der Waals surface area contributed by atoms with E-state index < -0.39 is 0 Å². The summed E-state index contributed by atoms with van der Waals surface area (Å²) in [5.41, 5.74) is 26.0. The minimum Gasteiger partial charge on any atom is -0.457 e. The fraction of sp³-hybridized carbons (Fsp3) is 0.221. The predicted octanol–water partition coefficient (Wildman–Crippen LogP) is 30.1. The smallest absolute Gasteiger partial charge is 0.343 e. The van der Waals surface area contributed by atoms with Crippen LogP contribution >= 0.6 is 47.0 Å². The summed E-state index contributed by atoms with van der Waals surface area (Å²) in [6.45, 7) is 45.0. The lowest BCUT2D eigenvalue weighted by molar-refractivity contribution is -0.131. The first-order chi connectivity index (χ1) is 54.7. The van der Waals surface area contributed by atoms with E-state index in [0.29, 0.717) is 17.1 Å². The van der Waals surface area contributed by atoms with E-state index in [9.17, 15) is 14.4 Å². The van der Waals surface area contributed by atoms with Crippen LogP contribution in [0.4, 0.5) is 0 Å². The van der Waals surface area contributed by atoms with Gasteiger partial charge in [-0.2, -0.15) is 0 Å². The van der Waals surface area contributed by atoms with Crippen molar-refractivity contribution >= 4 is 64.1 Å². The molecule has 13 aromatic carbocycles. The van der Waals surface area contributed by atoms with Crippen molar-refractivity contribution in [2.45, 2.75) is 182 Å². The molecule has 596 valence electrons. The van der Waals surface area contributed by atoms with E-state index in [0.717, 1.165) is 39.0 Å². The topological polar surface area (TPSA) is 88.1 Å². The lowest BCUT2D eigenvalue weighted by atomic mass is 10.1. The molecule has 0 radical (unpaired) electrons. The number of hydrogen-bond acceptors (Lipinski definition) is 11. The second-order valence-electron chi connectivity index (χ2n) is 28.6. The molecule has 7 nitrogen and oxygen atoms in total. The van der Waals surface area contributed by atoms with Crippen molar-refractivity contribution in [1.29, 1.82) is 0 Å². The molecule has 0 aliphatic rings. The zero-order chi connectivity index (χ0) is 84.3. The number of ether oxygens (including phenoxy) is 4. The van der Waals surface area contributed by atoms with E-state index >= 15 is 0 Å². The number of hydrogen-bond donors (Lipinski definition) is 0. The number of aryl methyl sites for hydroxylation is 20. The van der Waals surface area contributed by atoms with Gasteiger partial charge < -0.3 is 18.9 Å². The Labute approximate surface area is 704 Å². The van der Waals surface area contributed by atoms with Crippen LogP contribution in [0.1, 0.15) is 135 Å². The molecule has 0 saturated heterocycles. The second kappa shape index (κ2) is 48.0. The Balaban J connectivity index is 0.000000206. The predicted molar refractivity (Wildman–Crippen MR) is 491 cm³/mol. The average Bonchev–Trinajstić information content (AvgIpc) is 0.840. The largest absolute Gasteiger partial charge is 0.457 e. The monoisotopic (exact) mass is 1600 g/mol. The van der Waals surface area contributed by atoms with Crippen molar-refractivity contribution in [2.24, 2.45) is 0 Å². The zero-order valence-corrected chi connectivity index (χ0v) is 74.7. The number of thioether (sulfide) groups is 2. The highest BCUT2D eigenvalue weighted by molar-refractivity contribution is 8.13.